The molecule has 3 heterocycles. The van der Waals surface area contributed by atoms with Gasteiger partial charge in [0.25, 0.3) is 0 Å². The fraction of sp³-hybridized carbons (Fsp3) is 0.739. The minimum absolute atomic E-state index is 0.170. The smallest absolute Gasteiger partial charge is 0.222 e. The quantitative estimate of drug-likeness (QED) is 0.680. The Kier molecular flexibility index (Phi) is 7.16. The summed E-state index contributed by atoms with van der Waals surface area (Å²) in [7, 11) is 0. The zero-order valence-corrected chi connectivity index (χ0v) is 17.7. The molecule has 1 atom stereocenters. The summed E-state index contributed by atoms with van der Waals surface area (Å²) in [4.78, 5) is 21.9. The average molecular weight is 401 g/mol. The van der Waals surface area contributed by atoms with Gasteiger partial charge in [0.15, 0.2) is 0 Å². The molecule has 0 spiro atoms. The first-order valence-electron chi connectivity index (χ1n) is 11.5. The summed E-state index contributed by atoms with van der Waals surface area (Å²) in [5, 5.41) is 3.54. The van der Waals surface area contributed by atoms with Crippen LogP contribution in [0.2, 0.25) is 0 Å². The van der Waals surface area contributed by atoms with Crippen molar-refractivity contribution in [3.8, 4) is 0 Å². The van der Waals surface area contributed by atoms with Gasteiger partial charge in [-0.15, -0.1) is 0 Å². The van der Waals surface area contributed by atoms with E-state index in [-0.39, 0.29) is 5.54 Å². The molecule has 2 saturated heterocycles. The van der Waals surface area contributed by atoms with E-state index < -0.39 is 0 Å². The van der Waals surface area contributed by atoms with E-state index >= 15 is 0 Å². The molecule has 160 valence electrons. The van der Waals surface area contributed by atoms with E-state index in [0.717, 1.165) is 58.8 Å². The van der Waals surface area contributed by atoms with E-state index in [0.29, 0.717) is 18.4 Å². The Labute approximate surface area is 175 Å². The van der Waals surface area contributed by atoms with Crippen LogP contribution in [0.15, 0.2) is 24.5 Å². The zero-order chi connectivity index (χ0) is 19.9. The predicted octanol–water partition coefficient (Wildman–Crippen LogP) is 2.59. The minimum Gasteiger partial charge on any atom is -0.379 e. The number of pyridine rings is 1. The zero-order valence-electron chi connectivity index (χ0n) is 17.7. The maximum atomic E-state index is 12.8. The van der Waals surface area contributed by atoms with Gasteiger partial charge in [-0.05, 0) is 43.9 Å². The number of rotatable bonds is 8. The summed E-state index contributed by atoms with van der Waals surface area (Å²) < 4.78 is 5.61. The van der Waals surface area contributed by atoms with Crippen LogP contribution in [-0.2, 0) is 16.1 Å². The van der Waals surface area contributed by atoms with Gasteiger partial charge < -0.3 is 15.0 Å². The highest BCUT2D eigenvalue weighted by molar-refractivity contribution is 5.78. The number of nitrogens with one attached hydrogen (secondary N) is 1. The molecule has 2 aliphatic heterocycles. The molecule has 1 aromatic heterocycles. The first-order chi connectivity index (χ1) is 14.3. The van der Waals surface area contributed by atoms with E-state index in [4.69, 9.17) is 4.74 Å². The Balaban J connectivity index is 1.35. The molecular formula is C23H36N4O2. The Bertz CT molecular complexity index is 642. The van der Waals surface area contributed by atoms with Crippen molar-refractivity contribution in [2.24, 2.45) is 0 Å². The highest BCUT2D eigenvalue weighted by Gasteiger charge is 2.43. The van der Waals surface area contributed by atoms with Crippen molar-refractivity contribution in [2.45, 2.75) is 69.5 Å². The largest absolute Gasteiger partial charge is 0.379 e. The standard InChI is InChI=1S/C23H36N4O2/c28-22-7-6-21(8-12-25-18-20-5-4-11-24-17-20)27(22)19-23(9-2-1-3-10-23)26-13-15-29-16-14-26/h4-5,11,17,21,25H,1-3,6-10,12-16,18-19H2/t21-/m1/s1. The maximum absolute atomic E-state index is 12.8. The topological polar surface area (TPSA) is 57.7 Å². The second-order valence-electron chi connectivity index (χ2n) is 8.93. The molecule has 1 N–H and O–H groups in total. The first-order valence-corrected chi connectivity index (χ1v) is 11.5. The third kappa shape index (κ3) is 5.16. The SMILES string of the molecule is O=C1CC[C@H](CCNCc2cccnc2)N1CC1(N2CCOCC2)CCCCC1. The molecule has 4 rings (SSSR count). The van der Waals surface area contributed by atoms with Crippen molar-refractivity contribution in [1.82, 2.24) is 20.1 Å². The van der Waals surface area contributed by atoms with Gasteiger partial charge in [-0.2, -0.15) is 0 Å². The summed E-state index contributed by atoms with van der Waals surface area (Å²) >= 11 is 0. The third-order valence-electron chi connectivity index (χ3n) is 7.09. The molecule has 0 aromatic carbocycles. The first kappa shape index (κ1) is 20.8. The van der Waals surface area contributed by atoms with Crippen LogP contribution < -0.4 is 5.32 Å². The minimum atomic E-state index is 0.170. The predicted molar refractivity (Wildman–Crippen MR) is 114 cm³/mol. The number of carbonyl (C=O) groups is 1. The van der Waals surface area contributed by atoms with Gasteiger partial charge >= 0.3 is 0 Å². The number of amides is 1. The molecule has 0 unspecified atom stereocenters. The summed E-state index contributed by atoms with van der Waals surface area (Å²) in [5.74, 6) is 0.362. The lowest BCUT2D eigenvalue weighted by Gasteiger charge is -2.50. The molecule has 29 heavy (non-hydrogen) atoms. The molecule has 1 amide bonds. The molecular weight excluding hydrogens is 364 g/mol. The summed E-state index contributed by atoms with van der Waals surface area (Å²) in [6.07, 6.45) is 12.8. The molecule has 1 saturated carbocycles. The second-order valence-corrected chi connectivity index (χ2v) is 8.93. The van der Waals surface area contributed by atoms with Gasteiger partial charge in [-0.25, -0.2) is 0 Å². The van der Waals surface area contributed by atoms with E-state index in [2.05, 4.69) is 26.2 Å². The number of likely N-dealkylation sites (tertiary alicyclic amines) is 1. The van der Waals surface area contributed by atoms with Crippen LogP contribution in [0.5, 0.6) is 0 Å². The van der Waals surface area contributed by atoms with Gasteiger partial charge in [0.2, 0.25) is 5.91 Å². The maximum Gasteiger partial charge on any atom is 0.222 e. The highest BCUT2D eigenvalue weighted by Crippen LogP contribution is 2.37. The van der Waals surface area contributed by atoms with Gasteiger partial charge in [-0.3, -0.25) is 14.7 Å². The molecule has 1 aliphatic carbocycles. The van der Waals surface area contributed by atoms with Crippen molar-refractivity contribution < 1.29 is 9.53 Å². The number of morpholine rings is 1. The third-order valence-corrected chi connectivity index (χ3v) is 7.09. The van der Waals surface area contributed by atoms with Crippen LogP contribution in [-0.4, -0.2) is 71.7 Å². The lowest BCUT2D eigenvalue weighted by atomic mass is 9.79. The Morgan fingerprint density at radius 2 is 2.03 bits per heavy atom. The average Bonchev–Trinajstić information content (AvgIpc) is 3.12. The molecule has 0 radical (unpaired) electrons. The van der Waals surface area contributed by atoms with Crippen molar-refractivity contribution in [3.05, 3.63) is 30.1 Å². The summed E-state index contributed by atoms with van der Waals surface area (Å²) in [6.45, 7) is 6.38. The fourth-order valence-corrected chi connectivity index (χ4v) is 5.45. The summed E-state index contributed by atoms with van der Waals surface area (Å²) in [5.41, 5.74) is 1.38. The highest BCUT2D eigenvalue weighted by atomic mass is 16.5. The van der Waals surface area contributed by atoms with Crippen molar-refractivity contribution in [1.29, 1.82) is 0 Å². The van der Waals surface area contributed by atoms with E-state index in [1.807, 2.05) is 12.3 Å². The Morgan fingerprint density at radius 1 is 1.21 bits per heavy atom. The number of carbonyl (C=O) groups excluding carboxylic acids is 1. The van der Waals surface area contributed by atoms with Crippen LogP contribution in [0, 0.1) is 0 Å². The van der Waals surface area contributed by atoms with Crippen LogP contribution in [0.1, 0.15) is 56.9 Å². The normalized spacial score (nSPS) is 25.4. The molecule has 6 heteroatoms. The van der Waals surface area contributed by atoms with Crippen LogP contribution in [0.25, 0.3) is 0 Å². The van der Waals surface area contributed by atoms with Gasteiger partial charge in [0, 0.05) is 56.6 Å². The number of ether oxygens (including phenoxy) is 1. The number of nitrogens with zero attached hydrogens (tertiary/aromatic N) is 3. The van der Waals surface area contributed by atoms with E-state index in [1.54, 1.807) is 6.20 Å². The number of aromatic nitrogens is 1. The van der Waals surface area contributed by atoms with Crippen LogP contribution >= 0.6 is 0 Å². The van der Waals surface area contributed by atoms with Gasteiger partial charge in [0.1, 0.15) is 0 Å². The molecule has 3 aliphatic rings. The lowest BCUT2D eigenvalue weighted by Crippen LogP contribution is -2.60. The monoisotopic (exact) mass is 400 g/mol. The fourth-order valence-electron chi connectivity index (χ4n) is 5.45. The van der Waals surface area contributed by atoms with Gasteiger partial charge in [-0.1, -0.05) is 25.3 Å². The van der Waals surface area contributed by atoms with Crippen molar-refractivity contribution >= 4 is 5.91 Å². The van der Waals surface area contributed by atoms with E-state index in [9.17, 15) is 4.79 Å². The van der Waals surface area contributed by atoms with Crippen molar-refractivity contribution in [3.63, 3.8) is 0 Å². The van der Waals surface area contributed by atoms with Crippen LogP contribution in [0.3, 0.4) is 0 Å². The lowest BCUT2D eigenvalue weighted by molar-refractivity contribution is -0.133. The molecule has 0 bridgehead atoms. The Hall–Kier alpha value is -1.50. The van der Waals surface area contributed by atoms with Gasteiger partial charge in [0.05, 0.1) is 13.2 Å². The molecule has 3 fully saturated rings. The molecule has 6 nitrogen and oxygen atoms in total. The Morgan fingerprint density at radius 3 is 2.79 bits per heavy atom. The number of hydrogen-bond acceptors (Lipinski definition) is 5. The number of hydrogen-bond donors (Lipinski definition) is 1. The van der Waals surface area contributed by atoms with Crippen LogP contribution in [0.4, 0.5) is 0 Å². The van der Waals surface area contributed by atoms with Crippen molar-refractivity contribution in [2.75, 3.05) is 39.4 Å². The second kappa shape index (κ2) is 10.0. The summed E-state index contributed by atoms with van der Waals surface area (Å²) in [6, 6.07) is 4.45. The molecule has 1 aromatic rings. The van der Waals surface area contributed by atoms with E-state index in [1.165, 1.54) is 37.7 Å².